The summed E-state index contributed by atoms with van der Waals surface area (Å²) in [5, 5.41) is 3.69. The Hall–Kier alpha value is -2.70. The SMILES string of the molecule is C[C@@H]1CN(c2nc(=O)n3c4c(c(-c5ccc(F)cc5)c(C(F)(F)F)cc24)SCC(CN2CC[C@H](F)C2)C3)C[C@H](C)N1. The third-order valence-electron chi connectivity index (χ3n) is 8.13. The second-order valence-corrected chi connectivity index (χ2v) is 12.6. The molecule has 3 aliphatic heterocycles. The third-order valence-corrected chi connectivity index (χ3v) is 9.45. The number of hydrogen-bond donors (Lipinski definition) is 1. The molecular weight excluding hydrogens is 561 g/mol. The van der Waals surface area contributed by atoms with E-state index in [2.05, 4.69) is 10.3 Å². The predicted molar refractivity (Wildman–Crippen MR) is 151 cm³/mol. The number of aromatic nitrogens is 2. The zero-order chi connectivity index (χ0) is 29.1. The molecule has 6 rings (SSSR count). The van der Waals surface area contributed by atoms with E-state index in [9.17, 15) is 26.7 Å². The van der Waals surface area contributed by atoms with Crippen LogP contribution in [-0.2, 0) is 12.7 Å². The van der Waals surface area contributed by atoms with Gasteiger partial charge < -0.3 is 10.2 Å². The first-order chi connectivity index (χ1) is 19.5. The van der Waals surface area contributed by atoms with E-state index in [1.165, 1.54) is 28.5 Å². The quantitative estimate of drug-likeness (QED) is 0.422. The number of anilines is 1. The van der Waals surface area contributed by atoms with Crippen LogP contribution >= 0.6 is 11.8 Å². The molecule has 6 nitrogen and oxygen atoms in total. The van der Waals surface area contributed by atoms with Crippen LogP contribution in [0.5, 0.6) is 0 Å². The summed E-state index contributed by atoms with van der Waals surface area (Å²) in [6.07, 6.45) is -5.16. The topological polar surface area (TPSA) is 53.4 Å². The van der Waals surface area contributed by atoms with Gasteiger partial charge in [0.05, 0.1) is 11.1 Å². The molecule has 41 heavy (non-hydrogen) atoms. The van der Waals surface area contributed by atoms with Gasteiger partial charge in [0.15, 0.2) is 0 Å². The van der Waals surface area contributed by atoms with Crippen molar-refractivity contribution in [2.75, 3.05) is 43.4 Å². The number of hydrogen-bond acceptors (Lipinski definition) is 6. The molecule has 0 amide bonds. The Kier molecular flexibility index (Phi) is 7.52. The van der Waals surface area contributed by atoms with Crippen LogP contribution in [0.4, 0.5) is 27.8 Å². The van der Waals surface area contributed by atoms with E-state index in [1.807, 2.05) is 23.6 Å². The lowest BCUT2D eigenvalue weighted by Gasteiger charge is -2.37. The van der Waals surface area contributed by atoms with E-state index >= 15 is 0 Å². The smallest absolute Gasteiger partial charge is 0.353 e. The van der Waals surface area contributed by atoms with Gasteiger partial charge in [-0.3, -0.25) is 9.47 Å². The van der Waals surface area contributed by atoms with Gasteiger partial charge in [-0.25, -0.2) is 13.6 Å². The van der Waals surface area contributed by atoms with Crippen LogP contribution in [0.1, 0.15) is 25.8 Å². The summed E-state index contributed by atoms with van der Waals surface area (Å²) in [4.78, 5) is 22.3. The maximum Gasteiger partial charge on any atom is 0.417 e. The Balaban J connectivity index is 1.59. The molecule has 0 saturated carbocycles. The van der Waals surface area contributed by atoms with Crippen molar-refractivity contribution in [3.8, 4) is 11.1 Å². The molecule has 220 valence electrons. The standard InChI is InChI=1S/C29H32F5N5OS/c1-16-10-38(11-17(2)35-16)27-22-9-23(29(32,33)34)24(19-3-5-20(30)6-4-19)26-25(22)39(28(40)36-27)13-18(15-41-26)12-37-8-7-21(31)14-37/h3-6,9,16-18,21,35H,7-8,10-15H2,1-2H3/t16-,17+,18?,21-/m0/s1. The number of thioether (sulfide) groups is 1. The van der Waals surface area contributed by atoms with E-state index in [1.54, 1.807) is 0 Å². The maximum absolute atomic E-state index is 14.8. The Labute approximate surface area is 238 Å². The third kappa shape index (κ3) is 5.58. The highest BCUT2D eigenvalue weighted by Gasteiger charge is 2.39. The van der Waals surface area contributed by atoms with Crippen LogP contribution in [0.15, 0.2) is 40.0 Å². The minimum absolute atomic E-state index is 0.0484. The highest BCUT2D eigenvalue weighted by molar-refractivity contribution is 7.99. The minimum Gasteiger partial charge on any atom is -0.353 e. The number of likely N-dealkylation sites (tertiary alicyclic amines) is 1. The minimum atomic E-state index is -4.71. The van der Waals surface area contributed by atoms with Crippen molar-refractivity contribution in [3.05, 3.63) is 52.2 Å². The van der Waals surface area contributed by atoms with Crippen molar-refractivity contribution < 1.29 is 22.0 Å². The van der Waals surface area contributed by atoms with E-state index in [4.69, 9.17) is 0 Å². The summed E-state index contributed by atoms with van der Waals surface area (Å²) >= 11 is 1.28. The summed E-state index contributed by atoms with van der Waals surface area (Å²) in [5.74, 6) is 0.0263. The lowest BCUT2D eigenvalue weighted by molar-refractivity contribution is -0.137. The fourth-order valence-electron chi connectivity index (χ4n) is 6.51. The van der Waals surface area contributed by atoms with E-state index in [0.29, 0.717) is 55.3 Å². The van der Waals surface area contributed by atoms with Crippen molar-refractivity contribution in [1.82, 2.24) is 19.8 Å². The van der Waals surface area contributed by atoms with Gasteiger partial charge in [0.1, 0.15) is 17.8 Å². The van der Waals surface area contributed by atoms with Crippen LogP contribution in [-0.4, -0.2) is 71.2 Å². The molecule has 4 heterocycles. The highest BCUT2D eigenvalue weighted by atomic mass is 32.2. The zero-order valence-corrected chi connectivity index (χ0v) is 23.7. The van der Waals surface area contributed by atoms with Gasteiger partial charge in [0.2, 0.25) is 0 Å². The fraction of sp³-hybridized carbons (Fsp3) is 0.517. The highest BCUT2D eigenvalue weighted by Crippen LogP contribution is 2.48. The zero-order valence-electron chi connectivity index (χ0n) is 22.8. The summed E-state index contributed by atoms with van der Waals surface area (Å²) in [7, 11) is 0. The Morgan fingerprint density at radius 3 is 2.41 bits per heavy atom. The summed E-state index contributed by atoms with van der Waals surface area (Å²) in [5.41, 5.74) is -0.781. The second-order valence-electron chi connectivity index (χ2n) is 11.6. The Morgan fingerprint density at radius 1 is 1.07 bits per heavy atom. The summed E-state index contributed by atoms with van der Waals surface area (Å²) in [6.45, 7) is 6.66. The molecule has 1 unspecified atom stereocenters. The molecule has 0 aliphatic carbocycles. The molecule has 0 spiro atoms. The number of piperazine rings is 1. The summed E-state index contributed by atoms with van der Waals surface area (Å²) < 4.78 is 73.7. The molecular formula is C29H32F5N5OS. The van der Waals surface area contributed by atoms with Crippen LogP contribution < -0.4 is 15.9 Å². The Morgan fingerprint density at radius 2 is 1.78 bits per heavy atom. The predicted octanol–water partition coefficient (Wildman–Crippen LogP) is 5.17. The van der Waals surface area contributed by atoms with Crippen molar-refractivity contribution in [3.63, 3.8) is 0 Å². The molecule has 2 fully saturated rings. The van der Waals surface area contributed by atoms with Crippen LogP contribution in [0.25, 0.3) is 22.0 Å². The number of alkyl halides is 4. The van der Waals surface area contributed by atoms with Gasteiger partial charge in [-0.15, -0.1) is 11.8 Å². The van der Waals surface area contributed by atoms with Gasteiger partial charge >= 0.3 is 11.9 Å². The van der Waals surface area contributed by atoms with Crippen molar-refractivity contribution in [2.45, 2.75) is 56.1 Å². The van der Waals surface area contributed by atoms with Gasteiger partial charge in [-0.2, -0.15) is 18.2 Å². The molecule has 2 aromatic carbocycles. The molecule has 0 bridgehead atoms. The molecule has 3 aromatic rings. The number of benzene rings is 2. The summed E-state index contributed by atoms with van der Waals surface area (Å²) in [6, 6.07) is 6.20. The van der Waals surface area contributed by atoms with E-state index < -0.39 is 29.4 Å². The fourth-order valence-corrected chi connectivity index (χ4v) is 7.85. The van der Waals surface area contributed by atoms with Crippen LogP contribution in [0, 0.1) is 11.7 Å². The van der Waals surface area contributed by atoms with Crippen molar-refractivity contribution in [1.29, 1.82) is 0 Å². The van der Waals surface area contributed by atoms with Crippen molar-refractivity contribution >= 4 is 28.5 Å². The second kappa shape index (κ2) is 10.9. The van der Waals surface area contributed by atoms with Gasteiger partial charge in [-0.05, 0) is 49.9 Å². The first kappa shape index (κ1) is 28.4. The molecule has 1 aromatic heterocycles. The number of nitrogens with one attached hydrogen (secondary N) is 1. The molecule has 4 atom stereocenters. The van der Waals surface area contributed by atoms with E-state index in [-0.39, 0.29) is 46.9 Å². The normalized spacial score (nSPS) is 25.6. The first-order valence-corrected chi connectivity index (χ1v) is 14.9. The average molecular weight is 594 g/mol. The lowest BCUT2D eigenvalue weighted by atomic mass is 9.96. The largest absolute Gasteiger partial charge is 0.417 e. The van der Waals surface area contributed by atoms with Gasteiger partial charge in [0, 0.05) is 73.0 Å². The van der Waals surface area contributed by atoms with Crippen LogP contribution in [0.2, 0.25) is 0 Å². The average Bonchev–Trinajstić information content (AvgIpc) is 3.21. The lowest BCUT2D eigenvalue weighted by Crippen LogP contribution is -2.55. The van der Waals surface area contributed by atoms with Gasteiger partial charge in [0.25, 0.3) is 0 Å². The monoisotopic (exact) mass is 593 g/mol. The maximum atomic E-state index is 14.8. The number of nitrogens with zero attached hydrogens (tertiary/aromatic N) is 4. The molecule has 12 heteroatoms. The first-order valence-electron chi connectivity index (χ1n) is 13.9. The van der Waals surface area contributed by atoms with Crippen LogP contribution in [0.3, 0.4) is 0 Å². The van der Waals surface area contributed by atoms with E-state index in [0.717, 1.165) is 18.2 Å². The Bertz CT molecular complexity index is 1500. The molecule has 2 saturated heterocycles. The van der Waals surface area contributed by atoms with Crippen molar-refractivity contribution in [2.24, 2.45) is 5.92 Å². The van der Waals surface area contributed by atoms with Gasteiger partial charge in [-0.1, -0.05) is 12.1 Å². The molecule has 3 aliphatic rings. The number of rotatable bonds is 4. The molecule has 0 radical (unpaired) electrons. The molecule has 1 N–H and O–H groups in total. The number of halogens is 5.